The second-order valence-electron chi connectivity index (χ2n) is 7.92. The van der Waals surface area contributed by atoms with Gasteiger partial charge in [0.15, 0.2) is 5.82 Å². The maximum atomic E-state index is 12.1. The number of aromatic nitrogens is 5. The standard InChI is InChI=1S/C21H27N7O2/c1-15-3-2-10-28(12-15)13-17-6-4-16(5-7-17)11-22-18(29)8-9-19-25-21(27-30-19)20-23-14-24-26-20/h4-7,14-15H,2-3,8-13H2,1H3,(H,22,29)(H,23,24,26). The number of aryl methyl sites for hydroxylation is 1. The maximum Gasteiger partial charge on any atom is 0.239 e. The van der Waals surface area contributed by atoms with Gasteiger partial charge in [-0.15, -0.1) is 0 Å². The molecule has 0 aliphatic carbocycles. The summed E-state index contributed by atoms with van der Waals surface area (Å²) in [5.41, 5.74) is 2.41. The minimum Gasteiger partial charge on any atom is -0.352 e. The number of benzene rings is 1. The molecule has 158 valence electrons. The molecule has 1 fully saturated rings. The van der Waals surface area contributed by atoms with E-state index in [-0.39, 0.29) is 12.3 Å². The highest BCUT2D eigenvalue weighted by molar-refractivity contribution is 5.76. The molecule has 1 aliphatic rings. The summed E-state index contributed by atoms with van der Waals surface area (Å²) in [6, 6.07) is 8.49. The van der Waals surface area contributed by atoms with E-state index in [0.29, 0.717) is 30.5 Å². The van der Waals surface area contributed by atoms with E-state index in [4.69, 9.17) is 4.52 Å². The van der Waals surface area contributed by atoms with E-state index >= 15 is 0 Å². The summed E-state index contributed by atoms with van der Waals surface area (Å²) in [4.78, 5) is 22.8. The number of piperidine rings is 1. The van der Waals surface area contributed by atoms with Crippen LogP contribution in [0.2, 0.25) is 0 Å². The lowest BCUT2D eigenvalue weighted by Crippen LogP contribution is -2.33. The number of nitrogens with zero attached hydrogens (tertiary/aromatic N) is 5. The zero-order valence-corrected chi connectivity index (χ0v) is 17.2. The molecular weight excluding hydrogens is 382 g/mol. The molecule has 1 saturated heterocycles. The Balaban J connectivity index is 1.19. The first-order chi connectivity index (χ1) is 14.7. The first-order valence-corrected chi connectivity index (χ1v) is 10.4. The van der Waals surface area contributed by atoms with Crippen LogP contribution < -0.4 is 5.32 Å². The van der Waals surface area contributed by atoms with Crippen molar-refractivity contribution >= 4 is 5.91 Å². The Labute approximate surface area is 175 Å². The molecule has 1 aliphatic heterocycles. The molecule has 1 unspecified atom stereocenters. The Bertz CT molecular complexity index is 937. The van der Waals surface area contributed by atoms with E-state index in [1.54, 1.807) is 0 Å². The van der Waals surface area contributed by atoms with Crippen LogP contribution in [0.15, 0.2) is 35.1 Å². The zero-order chi connectivity index (χ0) is 20.8. The molecule has 0 bridgehead atoms. The highest BCUT2D eigenvalue weighted by Crippen LogP contribution is 2.18. The predicted molar refractivity (Wildman–Crippen MR) is 110 cm³/mol. The Morgan fingerprint density at radius 3 is 2.90 bits per heavy atom. The summed E-state index contributed by atoms with van der Waals surface area (Å²) >= 11 is 0. The Kier molecular flexibility index (Phi) is 6.48. The molecule has 1 atom stereocenters. The van der Waals surface area contributed by atoms with Crippen molar-refractivity contribution in [2.75, 3.05) is 13.1 Å². The molecule has 3 aromatic rings. The second-order valence-corrected chi connectivity index (χ2v) is 7.92. The lowest BCUT2D eigenvalue weighted by Gasteiger charge is -2.30. The molecule has 2 N–H and O–H groups in total. The Hall–Kier alpha value is -3.07. The summed E-state index contributed by atoms with van der Waals surface area (Å²) in [5.74, 6) is 1.90. The quantitative estimate of drug-likeness (QED) is 0.587. The van der Waals surface area contributed by atoms with Gasteiger partial charge >= 0.3 is 0 Å². The predicted octanol–water partition coefficient (Wildman–Crippen LogP) is 2.34. The van der Waals surface area contributed by atoms with Crippen LogP contribution in [0.25, 0.3) is 11.6 Å². The summed E-state index contributed by atoms with van der Waals surface area (Å²) in [6.07, 6.45) is 4.66. The normalized spacial score (nSPS) is 17.2. The van der Waals surface area contributed by atoms with Crippen LogP contribution in [0.1, 0.15) is 43.2 Å². The van der Waals surface area contributed by atoms with Gasteiger partial charge in [0, 0.05) is 32.5 Å². The molecule has 1 amide bonds. The summed E-state index contributed by atoms with van der Waals surface area (Å²) < 4.78 is 5.15. The minimum absolute atomic E-state index is 0.0548. The van der Waals surface area contributed by atoms with Crippen molar-refractivity contribution in [3.8, 4) is 11.6 Å². The van der Waals surface area contributed by atoms with Crippen LogP contribution in [-0.2, 0) is 24.3 Å². The number of aromatic amines is 1. The van der Waals surface area contributed by atoms with Crippen molar-refractivity contribution in [3.63, 3.8) is 0 Å². The van der Waals surface area contributed by atoms with Gasteiger partial charge in [-0.25, -0.2) is 4.98 Å². The average molecular weight is 409 g/mol. The number of H-pyrrole nitrogens is 1. The van der Waals surface area contributed by atoms with Crippen molar-refractivity contribution in [2.24, 2.45) is 5.92 Å². The smallest absolute Gasteiger partial charge is 0.239 e. The Morgan fingerprint density at radius 1 is 1.30 bits per heavy atom. The minimum atomic E-state index is -0.0548. The largest absolute Gasteiger partial charge is 0.352 e. The number of hydrogen-bond donors (Lipinski definition) is 2. The summed E-state index contributed by atoms with van der Waals surface area (Å²) in [6.45, 7) is 6.19. The first-order valence-electron chi connectivity index (χ1n) is 10.4. The number of likely N-dealkylation sites (tertiary alicyclic amines) is 1. The van der Waals surface area contributed by atoms with Gasteiger partial charge in [-0.1, -0.05) is 36.3 Å². The van der Waals surface area contributed by atoms with Crippen molar-refractivity contribution in [1.82, 2.24) is 35.5 Å². The van der Waals surface area contributed by atoms with Gasteiger partial charge in [0.05, 0.1) is 0 Å². The number of rotatable bonds is 8. The van der Waals surface area contributed by atoms with Gasteiger partial charge < -0.3 is 9.84 Å². The van der Waals surface area contributed by atoms with Crippen molar-refractivity contribution < 1.29 is 9.32 Å². The van der Waals surface area contributed by atoms with Crippen LogP contribution in [0.4, 0.5) is 0 Å². The molecular formula is C21H27N7O2. The third kappa shape index (κ3) is 5.50. The number of hydrogen-bond acceptors (Lipinski definition) is 7. The third-order valence-electron chi connectivity index (χ3n) is 5.32. The highest BCUT2D eigenvalue weighted by atomic mass is 16.5. The number of nitrogens with one attached hydrogen (secondary N) is 2. The molecule has 4 rings (SSSR count). The lowest BCUT2D eigenvalue weighted by molar-refractivity contribution is -0.121. The Morgan fingerprint density at radius 2 is 2.13 bits per heavy atom. The summed E-state index contributed by atoms with van der Waals surface area (Å²) in [7, 11) is 0. The molecule has 30 heavy (non-hydrogen) atoms. The van der Waals surface area contributed by atoms with Crippen LogP contribution in [0, 0.1) is 5.92 Å². The maximum absolute atomic E-state index is 12.1. The molecule has 3 heterocycles. The fraction of sp³-hybridized carbons (Fsp3) is 0.476. The molecule has 1 aromatic carbocycles. The van der Waals surface area contributed by atoms with Crippen molar-refractivity contribution in [2.45, 2.75) is 45.7 Å². The number of carbonyl (C=O) groups is 1. The monoisotopic (exact) mass is 409 g/mol. The zero-order valence-electron chi connectivity index (χ0n) is 17.2. The van der Waals surface area contributed by atoms with Gasteiger partial charge in [0.25, 0.3) is 0 Å². The number of amides is 1. The van der Waals surface area contributed by atoms with E-state index in [0.717, 1.165) is 18.0 Å². The molecule has 0 radical (unpaired) electrons. The van der Waals surface area contributed by atoms with Gasteiger partial charge in [0.1, 0.15) is 6.33 Å². The highest BCUT2D eigenvalue weighted by Gasteiger charge is 2.16. The van der Waals surface area contributed by atoms with Gasteiger partial charge in [-0.05, 0) is 36.4 Å². The fourth-order valence-electron chi connectivity index (χ4n) is 3.73. The molecule has 0 saturated carbocycles. The number of carbonyl (C=O) groups excluding carboxylic acids is 1. The SMILES string of the molecule is CC1CCCN(Cc2ccc(CNC(=O)CCc3nc(-c4ncn[nH]4)no3)cc2)C1. The van der Waals surface area contributed by atoms with Crippen LogP contribution >= 0.6 is 0 Å². The van der Waals surface area contributed by atoms with E-state index in [1.165, 1.54) is 37.8 Å². The lowest BCUT2D eigenvalue weighted by atomic mass is 9.99. The summed E-state index contributed by atoms with van der Waals surface area (Å²) in [5, 5.41) is 13.2. The first kappa shape index (κ1) is 20.2. The van der Waals surface area contributed by atoms with Gasteiger partial charge in [-0.3, -0.25) is 14.8 Å². The molecule has 9 nitrogen and oxygen atoms in total. The van der Waals surface area contributed by atoms with Crippen LogP contribution in [0.5, 0.6) is 0 Å². The average Bonchev–Trinajstić information content (AvgIpc) is 3.44. The van der Waals surface area contributed by atoms with Gasteiger partial charge in [0.2, 0.25) is 17.6 Å². The molecule has 9 heteroatoms. The topological polar surface area (TPSA) is 113 Å². The molecule has 2 aromatic heterocycles. The van der Waals surface area contributed by atoms with Crippen molar-refractivity contribution in [3.05, 3.63) is 47.6 Å². The van der Waals surface area contributed by atoms with Gasteiger partial charge in [-0.2, -0.15) is 10.1 Å². The van der Waals surface area contributed by atoms with E-state index in [1.807, 2.05) is 0 Å². The second kappa shape index (κ2) is 9.62. The molecule has 0 spiro atoms. The van der Waals surface area contributed by atoms with Crippen LogP contribution in [0.3, 0.4) is 0 Å². The fourth-order valence-corrected chi connectivity index (χ4v) is 3.73. The van der Waals surface area contributed by atoms with Crippen molar-refractivity contribution in [1.29, 1.82) is 0 Å². The van der Waals surface area contributed by atoms with E-state index in [2.05, 4.69) is 66.7 Å². The van der Waals surface area contributed by atoms with Crippen LogP contribution in [-0.4, -0.2) is 49.2 Å². The van der Waals surface area contributed by atoms with E-state index in [9.17, 15) is 4.79 Å². The van der Waals surface area contributed by atoms with E-state index < -0.39 is 0 Å². The third-order valence-corrected chi connectivity index (χ3v) is 5.32.